The van der Waals surface area contributed by atoms with Crippen molar-refractivity contribution in [1.82, 2.24) is 4.90 Å². The Bertz CT molecular complexity index is 892. The Labute approximate surface area is 157 Å². The fourth-order valence-corrected chi connectivity index (χ4v) is 3.48. The number of carbonyl (C=O) groups is 2. The molecule has 6 heteroatoms. The highest BCUT2D eigenvalue weighted by atomic mass is 16.7. The Morgan fingerprint density at radius 2 is 1.85 bits per heavy atom. The van der Waals surface area contributed by atoms with E-state index in [1.54, 1.807) is 31.4 Å². The van der Waals surface area contributed by atoms with Crippen LogP contribution in [0.25, 0.3) is 0 Å². The summed E-state index contributed by atoms with van der Waals surface area (Å²) in [7, 11) is 1.56. The van der Waals surface area contributed by atoms with Crippen molar-refractivity contribution in [2.75, 3.05) is 20.4 Å². The van der Waals surface area contributed by atoms with Crippen LogP contribution in [-0.4, -0.2) is 37.0 Å². The summed E-state index contributed by atoms with van der Waals surface area (Å²) in [5, 5.41) is 0. The smallest absolute Gasteiger partial charge is 0.231 e. The van der Waals surface area contributed by atoms with Crippen LogP contribution in [0.5, 0.6) is 17.2 Å². The van der Waals surface area contributed by atoms with Crippen LogP contribution >= 0.6 is 0 Å². The third-order valence-corrected chi connectivity index (χ3v) is 5.02. The number of methoxy groups -OCH3 is 1. The van der Waals surface area contributed by atoms with Gasteiger partial charge in [0, 0.05) is 31.5 Å². The van der Waals surface area contributed by atoms with E-state index in [1.807, 2.05) is 17.0 Å². The van der Waals surface area contributed by atoms with E-state index in [0.717, 1.165) is 23.5 Å². The number of rotatable bonds is 5. The maximum Gasteiger partial charge on any atom is 0.231 e. The van der Waals surface area contributed by atoms with Gasteiger partial charge in [0.25, 0.3) is 0 Å². The van der Waals surface area contributed by atoms with E-state index in [2.05, 4.69) is 0 Å². The van der Waals surface area contributed by atoms with Gasteiger partial charge in [-0.1, -0.05) is 12.1 Å². The molecule has 2 aromatic carbocycles. The summed E-state index contributed by atoms with van der Waals surface area (Å²) in [4.78, 5) is 26.8. The maximum absolute atomic E-state index is 12.6. The lowest BCUT2D eigenvalue weighted by Crippen LogP contribution is -2.36. The molecule has 0 saturated heterocycles. The van der Waals surface area contributed by atoms with Crippen molar-refractivity contribution in [3.8, 4) is 17.2 Å². The zero-order valence-corrected chi connectivity index (χ0v) is 15.2. The number of Topliss-reactive ketones (excluding diaryl/α,β-unsaturated/α-hetero) is 1. The van der Waals surface area contributed by atoms with Gasteiger partial charge in [-0.15, -0.1) is 0 Å². The number of nitrogens with zero attached hydrogens (tertiary/aromatic N) is 1. The highest BCUT2D eigenvalue weighted by molar-refractivity contribution is 5.98. The first-order valence-corrected chi connectivity index (χ1v) is 9.00. The molecule has 140 valence electrons. The van der Waals surface area contributed by atoms with Crippen LogP contribution in [0.3, 0.4) is 0 Å². The number of hydrogen-bond donors (Lipinski definition) is 0. The average molecular weight is 367 g/mol. The van der Waals surface area contributed by atoms with Crippen molar-refractivity contribution >= 4 is 11.7 Å². The second-order valence-electron chi connectivity index (χ2n) is 6.69. The van der Waals surface area contributed by atoms with Crippen LogP contribution in [0.2, 0.25) is 0 Å². The predicted molar refractivity (Wildman–Crippen MR) is 98.2 cm³/mol. The molecule has 0 aliphatic carbocycles. The number of carbonyl (C=O) groups excluding carboxylic acids is 2. The molecule has 1 amide bonds. The molecule has 0 atom stereocenters. The van der Waals surface area contributed by atoms with Crippen LogP contribution in [-0.2, 0) is 17.8 Å². The van der Waals surface area contributed by atoms with Crippen LogP contribution in [0.4, 0.5) is 0 Å². The van der Waals surface area contributed by atoms with Crippen molar-refractivity contribution in [3.63, 3.8) is 0 Å². The number of fused-ring (bicyclic) bond motifs is 2. The van der Waals surface area contributed by atoms with E-state index in [9.17, 15) is 9.59 Å². The van der Waals surface area contributed by atoms with Crippen LogP contribution in [0, 0.1) is 0 Å². The number of ether oxygens (including phenoxy) is 3. The fraction of sp³-hybridized carbons (Fsp3) is 0.333. The monoisotopic (exact) mass is 367 g/mol. The standard InChI is InChI=1S/C21H21NO5/c1-25-17-4-2-3-15(9-17)18(23)5-6-21(24)22-8-7-14-10-19-20(27-13-26-19)11-16(14)12-22/h2-4,9-11H,5-8,12-13H2,1H3. The summed E-state index contributed by atoms with van der Waals surface area (Å²) in [6.07, 6.45) is 1.17. The van der Waals surface area contributed by atoms with Gasteiger partial charge in [-0.05, 0) is 41.8 Å². The number of ketones is 1. The lowest BCUT2D eigenvalue weighted by atomic mass is 9.98. The number of amides is 1. The van der Waals surface area contributed by atoms with Gasteiger partial charge in [0.2, 0.25) is 12.7 Å². The zero-order valence-electron chi connectivity index (χ0n) is 15.2. The van der Waals surface area contributed by atoms with Gasteiger partial charge in [-0.3, -0.25) is 9.59 Å². The predicted octanol–water partition coefficient (Wildman–Crippen LogP) is 2.97. The van der Waals surface area contributed by atoms with Crippen molar-refractivity contribution in [2.24, 2.45) is 0 Å². The van der Waals surface area contributed by atoms with Gasteiger partial charge in [0.1, 0.15) is 5.75 Å². The van der Waals surface area contributed by atoms with Gasteiger partial charge in [-0.25, -0.2) is 0 Å². The zero-order chi connectivity index (χ0) is 18.8. The molecule has 2 aromatic rings. The lowest BCUT2D eigenvalue weighted by molar-refractivity contribution is -0.132. The molecule has 0 unspecified atom stereocenters. The summed E-state index contributed by atoms with van der Waals surface area (Å²) in [5.41, 5.74) is 2.84. The quantitative estimate of drug-likeness (QED) is 0.760. The van der Waals surface area contributed by atoms with Crippen LogP contribution in [0.15, 0.2) is 36.4 Å². The molecule has 2 heterocycles. The molecule has 6 nitrogen and oxygen atoms in total. The third kappa shape index (κ3) is 3.60. The molecular weight excluding hydrogens is 346 g/mol. The topological polar surface area (TPSA) is 65.1 Å². The second-order valence-corrected chi connectivity index (χ2v) is 6.69. The first-order valence-electron chi connectivity index (χ1n) is 9.00. The molecule has 0 spiro atoms. The fourth-order valence-electron chi connectivity index (χ4n) is 3.48. The average Bonchev–Trinajstić information content (AvgIpc) is 3.16. The van der Waals surface area contributed by atoms with Gasteiger partial charge >= 0.3 is 0 Å². The van der Waals surface area contributed by atoms with Gasteiger partial charge in [-0.2, -0.15) is 0 Å². The number of hydrogen-bond acceptors (Lipinski definition) is 5. The first kappa shape index (κ1) is 17.4. The van der Waals surface area contributed by atoms with E-state index < -0.39 is 0 Å². The normalized spacial score (nSPS) is 14.6. The van der Waals surface area contributed by atoms with Crippen molar-refractivity contribution in [2.45, 2.75) is 25.8 Å². The largest absolute Gasteiger partial charge is 0.497 e. The molecule has 0 fully saturated rings. The highest BCUT2D eigenvalue weighted by Gasteiger charge is 2.25. The summed E-state index contributed by atoms with van der Waals surface area (Å²) in [6, 6.07) is 11.0. The molecule has 0 bridgehead atoms. The number of benzene rings is 2. The Hall–Kier alpha value is -3.02. The molecule has 0 radical (unpaired) electrons. The van der Waals surface area contributed by atoms with Gasteiger partial charge < -0.3 is 19.1 Å². The SMILES string of the molecule is COc1cccc(C(=O)CCC(=O)N2CCc3cc4c(cc3C2)OCO4)c1. The summed E-state index contributed by atoms with van der Waals surface area (Å²) >= 11 is 0. The van der Waals surface area contributed by atoms with Gasteiger partial charge in [0.15, 0.2) is 17.3 Å². The molecule has 2 aliphatic heterocycles. The van der Waals surface area contributed by atoms with Gasteiger partial charge in [0.05, 0.1) is 7.11 Å². The van der Waals surface area contributed by atoms with E-state index in [-0.39, 0.29) is 31.3 Å². The summed E-state index contributed by atoms with van der Waals surface area (Å²) < 4.78 is 16.0. The van der Waals surface area contributed by atoms with E-state index in [1.165, 1.54) is 5.56 Å². The Morgan fingerprint density at radius 3 is 2.63 bits per heavy atom. The van der Waals surface area contributed by atoms with Crippen LogP contribution < -0.4 is 14.2 Å². The minimum Gasteiger partial charge on any atom is -0.497 e. The maximum atomic E-state index is 12.6. The second kappa shape index (κ2) is 7.31. The first-order chi connectivity index (χ1) is 13.1. The molecule has 0 N–H and O–H groups in total. The van der Waals surface area contributed by atoms with Crippen molar-refractivity contribution < 1.29 is 23.8 Å². The van der Waals surface area contributed by atoms with Crippen LogP contribution in [0.1, 0.15) is 34.3 Å². The molecule has 2 aliphatic rings. The Kier molecular flexibility index (Phi) is 4.71. The summed E-state index contributed by atoms with van der Waals surface area (Å²) in [6.45, 7) is 1.43. The molecule has 0 aromatic heterocycles. The van der Waals surface area contributed by atoms with Crippen molar-refractivity contribution in [3.05, 3.63) is 53.1 Å². The van der Waals surface area contributed by atoms with E-state index in [4.69, 9.17) is 14.2 Å². The molecule has 0 saturated carbocycles. The van der Waals surface area contributed by atoms with Crippen molar-refractivity contribution in [1.29, 1.82) is 0 Å². The molecule has 27 heavy (non-hydrogen) atoms. The highest BCUT2D eigenvalue weighted by Crippen LogP contribution is 2.36. The molecule has 4 rings (SSSR count). The Balaban J connectivity index is 1.37. The van der Waals surface area contributed by atoms with E-state index >= 15 is 0 Å². The summed E-state index contributed by atoms with van der Waals surface area (Å²) in [5.74, 6) is 2.09. The molecular formula is C21H21NO5. The minimum absolute atomic E-state index is 0.00503. The Morgan fingerprint density at radius 1 is 1.07 bits per heavy atom. The lowest BCUT2D eigenvalue weighted by Gasteiger charge is -2.29. The minimum atomic E-state index is -0.0528. The van der Waals surface area contributed by atoms with E-state index in [0.29, 0.717) is 24.4 Å². The third-order valence-electron chi connectivity index (χ3n) is 5.02.